The van der Waals surface area contributed by atoms with E-state index in [2.05, 4.69) is 27.5 Å². The molecule has 106 valence electrons. The molecule has 6 heteroatoms. The minimum absolute atomic E-state index is 0.0151. The summed E-state index contributed by atoms with van der Waals surface area (Å²) in [5.41, 5.74) is 1.19. The molecular weight excluding hydrogens is 272 g/mol. The van der Waals surface area contributed by atoms with Gasteiger partial charge in [-0.25, -0.2) is 4.98 Å². The summed E-state index contributed by atoms with van der Waals surface area (Å²) in [7, 11) is 0. The molecular formula is C14H18N4OS. The van der Waals surface area contributed by atoms with E-state index >= 15 is 0 Å². The van der Waals surface area contributed by atoms with Crippen molar-refractivity contribution < 1.29 is 4.79 Å². The molecule has 0 saturated carbocycles. The van der Waals surface area contributed by atoms with Gasteiger partial charge in [0.1, 0.15) is 5.82 Å². The number of nitrogens with zero attached hydrogens (tertiary/aromatic N) is 2. The highest BCUT2D eigenvalue weighted by Gasteiger charge is 2.10. The van der Waals surface area contributed by atoms with Gasteiger partial charge in [-0.2, -0.15) is 0 Å². The standard InChI is InChI=1S/C14H18N4OS/c1-3-11-10(2)8-12(20-11)14(19)18-7-6-17-13-9-15-4-5-16-13/h4-5,8-9H,3,6-7H2,1-2H3,(H,16,17)(H,18,19). The normalized spacial score (nSPS) is 10.3. The highest BCUT2D eigenvalue weighted by Crippen LogP contribution is 2.22. The van der Waals surface area contributed by atoms with E-state index in [-0.39, 0.29) is 5.91 Å². The summed E-state index contributed by atoms with van der Waals surface area (Å²) in [6.45, 7) is 5.32. The molecule has 0 aliphatic rings. The first-order chi connectivity index (χ1) is 9.70. The average Bonchev–Trinajstić information content (AvgIpc) is 2.86. The second-order valence-corrected chi connectivity index (χ2v) is 5.48. The summed E-state index contributed by atoms with van der Waals surface area (Å²) in [6.07, 6.45) is 5.87. The Labute approximate surface area is 122 Å². The van der Waals surface area contributed by atoms with E-state index in [1.165, 1.54) is 10.4 Å². The second-order valence-electron chi connectivity index (χ2n) is 4.34. The van der Waals surface area contributed by atoms with Crippen molar-refractivity contribution in [3.8, 4) is 0 Å². The van der Waals surface area contributed by atoms with Gasteiger partial charge in [0.25, 0.3) is 5.91 Å². The van der Waals surface area contributed by atoms with Gasteiger partial charge in [0.15, 0.2) is 0 Å². The summed E-state index contributed by atoms with van der Waals surface area (Å²) >= 11 is 1.57. The van der Waals surface area contributed by atoms with E-state index < -0.39 is 0 Å². The number of aromatic nitrogens is 2. The largest absolute Gasteiger partial charge is 0.367 e. The molecule has 0 spiro atoms. The third-order valence-electron chi connectivity index (χ3n) is 2.85. The lowest BCUT2D eigenvalue weighted by atomic mass is 10.2. The number of rotatable bonds is 6. The molecule has 0 fully saturated rings. The third-order valence-corrected chi connectivity index (χ3v) is 4.23. The monoisotopic (exact) mass is 290 g/mol. The number of carbonyl (C=O) groups excluding carboxylic acids is 1. The molecule has 0 aliphatic heterocycles. The van der Waals surface area contributed by atoms with Crippen molar-refractivity contribution in [3.05, 3.63) is 40.0 Å². The average molecular weight is 290 g/mol. The van der Waals surface area contributed by atoms with Crippen LogP contribution in [0.3, 0.4) is 0 Å². The molecule has 2 aromatic rings. The van der Waals surface area contributed by atoms with Crippen molar-refractivity contribution in [1.29, 1.82) is 0 Å². The number of anilines is 1. The van der Waals surface area contributed by atoms with E-state index in [1.807, 2.05) is 13.0 Å². The van der Waals surface area contributed by atoms with Crippen molar-refractivity contribution >= 4 is 23.1 Å². The Balaban J connectivity index is 1.77. The Morgan fingerprint density at radius 3 is 2.85 bits per heavy atom. The molecule has 0 aliphatic carbocycles. The van der Waals surface area contributed by atoms with E-state index in [4.69, 9.17) is 0 Å². The molecule has 0 unspecified atom stereocenters. The SMILES string of the molecule is CCc1sc(C(=O)NCCNc2cnccn2)cc1C. The highest BCUT2D eigenvalue weighted by atomic mass is 32.1. The van der Waals surface area contributed by atoms with E-state index in [0.717, 1.165) is 11.3 Å². The Kier molecular flexibility index (Phi) is 5.06. The van der Waals surface area contributed by atoms with E-state index in [9.17, 15) is 4.79 Å². The molecule has 0 atom stereocenters. The summed E-state index contributed by atoms with van der Waals surface area (Å²) in [5.74, 6) is 0.695. The van der Waals surface area contributed by atoms with Crippen LogP contribution in [0.2, 0.25) is 0 Å². The Morgan fingerprint density at radius 1 is 1.35 bits per heavy atom. The smallest absolute Gasteiger partial charge is 0.261 e. The molecule has 0 saturated heterocycles. The van der Waals surface area contributed by atoms with Crippen LogP contribution in [0.5, 0.6) is 0 Å². The van der Waals surface area contributed by atoms with Gasteiger partial charge in [-0.05, 0) is 25.0 Å². The van der Waals surface area contributed by atoms with Gasteiger partial charge in [-0.3, -0.25) is 9.78 Å². The van der Waals surface area contributed by atoms with Crippen LogP contribution in [0.4, 0.5) is 5.82 Å². The van der Waals surface area contributed by atoms with Gasteiger partial charge < -0.3 is 10.6 Å². The highest BCUT2D eigenvalue weighted by molar-refractivity contribution is 7.14. The number of hydrogen-bond donors (Lipinski definition) is 2. The minimum Gasteiger partial charge on any atom is -0.367 e. The summed E-state index contributed by atoms with van der Waals surface area (Å²) in [6, 6.07) is 1.95. The topological polar surface area (TPSA) is 66.9 Å². The molecule has 2 N–H and O–H groups in total. The Hall–Kier alpha value is -1.95. The quantitative estimate of drug-likeness (QED) is 0.801. The van der Waals surface area contributed by atoms with Crippen LogP contribution in [0, 0.1) is 6.92 Å². The van der Waals surface area contributed by atoms with Crippen molar-refractivity contribution in [1.82, 2.24) is 15.3 Å². The lowest BCUT2D eigenvalue weighted by Crippen LogP contribution is -2.28. The van der Waals surface area contributed by atoms with Crippen LogP contribution >= 0.6 is 11.3 Å². The fourth-order valence-corrected chi connectivity index (χ4v) is 2.86. The van der Waals surface area contributed by atoms with Gasteiger partial charge in [0, 0.05) is 30.4 Å². The van der Waals surface area contributed by atoms with Crippen LogP contribution in [0.1, 0.15) is 27.0 Å². The van der Waals surface area contributed by atoms with Gasteiger partial charge in [0.05, 0.1) is 11.1 Å². The molecule has 5 nitrogen and oxygen atoms in total. The zero-order valence-electron chi connectivity index (χ0n) is 11.6. The zero-order chi connectivity index (χ0) is 14.4. The maximum atomic E-state index is 12.0. The number of thiophene rings is 1. The maximum Gasteiger partial charge on any atom is 0.261 e. The molecule has 20 heavy (non-hydrogen) atoms. The van der Waals surface area contributed by atoms with Crippen molar-refractivity contribution in [2.75, 3.05) is 18.4 Å². The van der Waals surface area contributed by atoms with E-state index in [1.54, 1.807) is 29.9 Å². The lowest BCUT2D eigenvalue weighted by Gasteiger charge is -2.05. The minimum atomic E-state index is -0.0151. The molecule has 2 rings (SSSR count). The number of nitrogens with one attached hydrogen (secondary N) is 2. The van der Waals surface area contributed by atoms with Gasteiger partial charge in [0.2, 0.25) is 0 Å². The first-order valence-corrected chi connectivity index (χ1v) is 7.39. The predicted octanol–water partition coefficient (Wildman–Crippen LogP) is 2.25. The Bertz CT molecular complexity index is 568. The number of hydrogen-bond acceptors (Lipinski definition) is 5. The molecule has 1 amide bonds. The first kappa shape index (κ1) is 14.5. The zero-order valence-corrected chi connectivity index (χ0v) is 12.5. The molecule has 2 aromatic heterocycles. The van der Waals surface area contributed by atoms with Crippen LogP contribution in [0.25, 0.3) is 0 Å². The fraction of sp³-hybridized carbons (Fsp3) is 0.357. The second kappa shape index (κ2) is 7.00. The van der Waals surface area contributed by atoms with Gasteiger partial charge >= 0.3 is 0 Å². The van der Waals surface area contributed by atoms with Crippen LogP contribution in [0.15, 0.2) is 24.7 Å². The van der Waals surface area contributed by atoms with E-state index in [0.29, 0.717) is 18.9 Å². The van der Waals surface area contributed by atoms with Crippen molar-refractivity contribution in [2.45, 2.75) is 20.3 Å². The summed E-state index contributed by atoms with van der Waals surface area (Å²) in [4.78, 5) is 22.1. The fourth-order valence-electron chi connectivity index (χ4n) is 1.83. The molecule has 0 radical (unpaired) electrons. The third kappa shape index (κ3) is 3.77. The van der Waals surface area contributed by atoms with Crippen molar-refractivity contribution in [2.24, 2.45) is 0 Å². The maximum absolute atomic E-state index is 12.0. The molecule has 0 bridgehead atoms. The number of carbonyl (C=O) groups is 1. The van der Waals surface area contributed by atoms with Gasteiger partial charge in [-0.15, -0.1) is 11.3 Å². The summed E-state index contributed by atoms with van der Waals surface area (Å²) < 4.78 is 0. The number of aryl methyl sites for hydroxylation is 2. The predicted molar refractivity (Wildman–Crippen MR) is 81.3 cm³/mol. The molecule has 0 aromatic carbocycles. The molecule has 2 heterocycles. The summed E-state index contributed by atoms with van der Waals surface area (Å²) in [5, 5.41) is 5.99. The first-order valence-electron chi connectivity index (χ1n) is 6.58. The van der Waals surface area contributed by atoms with Crippen LogP contribution in [-0.2, 0) is 6.42 Å². The van der Waals surface area contributed by atoms with Gasteiger partial charge in [-0.1, -0.05) is 6.92 Å². The van der Waals surface area contributed by atoms with Crippen LogP contribution < -0.4 is 10.6 Å². The number of amides is 1. The Morgan fingerprint density at radius 2 is 2.20 bits per heavy atom. The van der Waals surface area contributed by atoms with Crippen LogP contribution in [-0.4, -0.2) is 29.0 Å². The van der Waals surface area contributed by atoms with Crippen molar-refractivity contribution in [3.63, 3.8) is 0 Å². The lowest BCUT2D eigenvalue weighted by molar-refractivity contribution is 0.0959.